The van der Waals surface area contributed by atoms with Crippen molar-refractivity contribution in [2.45, 2.75) is 6.42 Å². The van der Waals surface area contributed by atoms with E-state index < -0.39 is 16.8 Å². The Hall–Kier alpha value is -2.03. The number of aromatic nitrogens is 3. The van der Waals surface area contributed by atoms with Gasteiger partial charge in [-0.1, -0.05) is 5.10 Å². The number of ether oxygens (including phenoxy) is 1. The number of hydrogen-bond acceptors (Lipinski definition) is 6. The fraction of sp³-hybridized carbons (Fsp3) is 0.400. The van der Waals surface area contributed by atoms with Crippen molar-refractivity contribution < 1.29 is 19.9 Å². The quantitative estimate of drug-likeness (QED) is 0.364. The van der Waals surface area contributed by atoms with Crippen LogP contribution in [0.25, 0.3) is 0 Å². The maximum absolute atomic E-state index is 10.7. The van der Waals surface area contributed by atoms with Gasteiger partial charge in [0.1, 0.15) is 6.42 Å². The van der Waals surface area contributed by atoms with Gasteiger partial charge in [-0.15, -0.1) is 5.10 Å². The Bertz CT molecular complexity index is 335. The molecule has 1 heterocycles. The Labute approximate surface area is 77.6 Å². The van der Waals surface area contributed by atoms with Crippen LogP contribution < -0.4 is 0 Å². The first-order chi connectivity index (χ1) is 6.13. The molecule has 0 aliphatic heterocycles. The second kappa shape index (κ2) is 4.87. The third-order valence-electron chi connectivity index (χ3n) is 1.22. The average Bonchev–Trinajstić information content (AvgIpc) is 2.52. The first-order valence-electron chi connectivity index (χ1n) is 3.26. The minimum absolute atomic E-state index is 0. The van der Waals surface area contributed by atoms with E-state index in [2.05, 4.69) is 19.9 Å². The number of carbonyl (C=O) groups is 1. The summed E-state index contributed by atoms with van der Waals surface area (Å²) in [6.07, 6.45) is -0.180. The SMILES string of the molecule is COC(=O)Cc1n[nH]c([N+](=O)[O-])n1.O. The van der Waals surface area contributed by atoms with E-state index in [4.69, 9.17) is 0 Å². The van der Waals surface area contributed by atoms with E-state index in [0.717, 1.165) is 0 Å². The van der Waals surface area contributed by atoms with E-state index in [0.29, 0.717) is 0 Å². The third-order valence-corrected chi connectivity index (χ3v) is 1.22. The van der Waals surface area contributed by atoms with Crippen LogP contribution in [0.4, 0.5) is 5.95 Å². The van der Waals surface area contributed by atoms with Gasteiger partial charge in [-0.25, -0.2) is 0 Å². The summed E-state index contributed by atoms with van der Waals surface area (Å²) in [6, 6.07) is 0. The summed E-state index contributed by atoms with van der Waals surface area (Å²) < 4.78 is 4.32. The van der Waals surface area contributed by atoms with Crippen LogP contribution in [0.1, 0.15) is 5.82 Å². The van der Waals surface area contributed by atoms with Crippen molar-refractivity contribution in [3.8, 4) is 0 Å². The predicted molar refractivity (Wildman–Crippen MR) is 42.4 cm³/mol. The second-order valence-corrected chi connectivity index (χ2v) is 2.09. The molecule has 9 heteroatoms. The van der Waals surface area contributed by atoms with Crippen molar-refractivity contribution in [2.24, 2.45) is 0 Å². The van der Waals surface area contributed by atoms with Gasteiger partial charge >= 0.3 is 11.9 Å². The van der Waals surface area contributed by atoms with Crippen molar-refractivity contribution >= 4 is 11.9 Å². The van der Waals surface area contributed by atoms with Crippen LogP contribution in [-0.4, -0.2) is 38.7 Å². The summed E-state index contributed by atoms with van der Waals surface area (Å²) in [5, 5.41) is 15.6. The number of H-pyrrole nitrogens is 1. The summed E-state index contributed by atoms with van der Waals surface area (Å²) in [5.41, 5.74) is 0. The molecule has 0 saturated heterocycles. The molecule has 0 aromatic carbocycles. The molecular weight excluding hydrogens is 196 g/mol. The molecule has 1 rings (SSSR count). The molecule has 0 atom stereocenters. The van der Waals surface area contributed by atoms with Gasteiger partial charge in [0.2, 0.25) is 0 Å². The fourth-order valence-electron chi connectivity index (χ4n) is 0.649. The predicted octanol–water partition coefficient (Wildman–Crippen LogP) is -1.40. The zero-order valence-electron chi connectivity index (χ0n) is 7.18. The minimum Gasteiger partial charge on any atom is -0.469 e. The number of nitrogens with zero attached hydrogens (tertiary/aromatic N) is 3. The monoisotopic (exact) mass is 204 g/mol. The van der Waals surface area contributed by atoms with Gasteiger partial charge in [-0.2, -0.15) is 0 Å². The molecule has 0 spiro atoms. The summed E-state index contributed by atoms with van der Waals surface area (Å²) >= 11 is 0. The highest BCUT2D eigenvalue weighted by molar-refractivity contribution is 5.71. The van der Waals surface area contributed by atoms with E-state index in [1.165, 1.54) is 7.11 Å². The summed E-state index contributed by atoms with van der Waals surface area (Å²) in [7, 11) is 1.21. The van der Waals surface area contributed by atoms with E-state index in [-0.39, 0.29) is 17.7 Å². The first kappa shape index (κ1) is 12.0. The lowest BCUT2D eigenvalue weighted by Crippen LogP contribution is -2.05. The van der Waals surface area contributed by atoms with E-state index in [9.17, 15) is 14.9 Å². The molecule has 0 amide bonds. The summed E-state index contributed by atoms with van der Waals surface area (Å²) in [5.74, 6) is -0.994. The third kappa shape index (κ3) is 2.79. The smallest absolute Gasteiger partial charge is 0.453 e. The van der Waals surface area contributed by atoms with Crippen LogP contribution >= 0.6 is 0 Å². The van der Waals surface area contributed by atoms with E-state index in [1.807, 2.05) is 0 Å². The summed E-state index contributed by atoms with van der Waals surface area (Å²) in [6.45, 7) is 0. The van der Waals surface area contributed by atoms with Crippen LogP contribution in [0.2, 0.25) is 0 Å². The standard InChI is InChI=1S/C5H6N4O4.H2O/c1-13-4(10)2-3-6-5(8-7-3)9(11)12;/h2H2,1H3,(H,6,7,8);1H2. The van der Waals surface area contributed by atoms with Gasteiger partial charge in [-0.3, -0.25) is 4.79 Å². The highest BCUT2D eigenvalue weighted by Gasteiger charge is 2.16. The Kier molecular flexibility index (Phi) is 4.16. The number of esters is 1. The number of methoxy groups -OCH3 is 1. The average molecular weight is 204 g/mol. The molecule has 1 aromatic rings. The molecule has 78 valence electrons. The maximum atomic E-state index is 10.7. The molecule has 0 aliphatic rings. The van der Waals surface area contributed by atoms with Crippen LogP contribution in [0, 0.1) is 10.1 Å². The van der Waals surface area contributed by atoms with Gasteiger partial charge in [0.25, 0.3) is 5.82 Å². The number of hydrogen-bond donors (Lipinski definition) is 1. The molecule has 14 heavy (non-hydrogen) atoms. The normalized spacial score (nSPS) is 8.93. The topological polar surface area (TPSA) is 143 Å². The van der Waals surface area contributed by atoms with Crippen molar-refractivity contribution in [2.75, 3.05) is 7.11 Å². The number of rotatable bonds is 3. The van der Waals surface area contributed by atoms with Gasteiger partial charge in [0.05, 0.1) is 7.11 Å². The Morgan fingerprint density at radius 3 is 2.79 bits per heavy atom. The highest BCUT2D eigenvalue weighted by Crippen LogP contribution is 2.01. The zero-order chi connectivity index (χ0) is 9.84. The zero-order valence-corrected chi connectivity index (χ0v) is 7.18. The minimum atomic E-state index is -0.728. The summed E-state index contributed by atoms with van der Waals surface area (Å²) in [4.78, 5) is 23.5. The van der Waals surface area contributed by atoms with Gasteiger partial charge in [0, 0.05) is 0 Å². The molecule has 0 fully saturated rings. The van der Waals surface area contributed by atoms with Gasteiger partial charge < -0.3 is 20.3 Å². The maximum Gasteiger partial charge on any atom is 0.453 e. The van der Waals surface area contributed by atoms with Gasteiger partial charge in [0.15, 0.2) is 0 Å². The molecule has 0 bridgehead atoms. The molecule has 0 aliphatic carbocycles. The Morgan fingerprint density at radius 1 is 1.71 bits per heavy atom. The van der Waals surface area contributed by atoms with Gasteiger partial charge in [-0.05, 0) is 9.91 Å². The Morgan fingerprint density at radius 2 is 2.36 bits per heavy atom. The molecule has 0 unspecified atom stereocenters. The van der Waals surface area contributed by atoms with E-state index >= 15 is 0 Å². The lowest BCUT2D eigenvalue weighted by molar-refractivity contribution is -0.394. The number of nitro groups is 1. The van der Waals surface area contributed by atoms with Crippen molar-refractivity contribution in [3.63, 3.8) is 0 Å². The van der Waals surface area contributed by atoms with Crippen LogP contribution in [0.3, 0.4) is 0 Å². The second-order valence-electron chi connectivity index (χ2n) is 2.09. The molecule has 0 radical (unpaired) electrons. The first-order valence-corrected chi connectivity index (χ1v) is 3.26. The number of aromatic amines is 1. The Balaban J connectivity index is 0.00000169. The largest absolute Gasteiger partial charge is 0.469 e. The van der Waals surface area contributed by atoms with Crippen LogP contribution in [-0.2, 0) is 16.0 Å². The van der Waals surface area contributed by atoms with Crippen LogP contribution in [0.5, 0.6) is 0 Å². The molecular formula is C5H8N4O5. The van der Waals surface area contributed by atoms with Crippen molar-refractivity contribution in [3.05, 3.63) is 15.9 Å². The molecule has 0 saturated carbocycles. The molecule has 3 N–H and O–H groups in total. The lowest BCUT2D eigenvalue weighted by atomic mass is 10.4. The molecule has 9 nitrogen and oxygen atoms in total. The van der Waals surface area contributed by atoms with Crippen molar-refractivity contribution in [1.29, 1.82) is 0 Å². The van der Waals surface area contributed by atoms with E-state index in [1.54, 1.807) is 0 Å². The van der Waals surface area contributed by atoms with Crippen molar-refractivity contribution in [1.82, 2.24) is 15.2 Å². The van der Waals surface area contributed by atoms with Crippen LogP contribution in [0.15, 0.2) is 0 Å². The number of carbonyl (C=O) groups excluding carboxylic acids is 1. The fourth-order valence-corrected chi connectivity index (χ4v) is 0.649. The lowest BCUT2D eigenvalue weighted by Gasteiger charge is -1.89. The molecule has 1 aromatic heterocycles. The highest BCUT2D eigenvalue weighted by atomic mass is 16.6. The number of nitrogens with one attached hydrogen (secondary N) is 1.